The van der Waals surface area contributed by atoms with Crippen LogP contribution in [-0.4, -0.2) is 46.0 Å². The third-order valence-corrected chi connectivity index (χ3v) is 7.99. The van der Waals surface area contributed by atoms with Crippen LogP contribution in [0.2, 0.25) is 0 Å². The molecule has 1 fully saturated rings. The molecule has 0 spiro atoms. The molecule has 0 bridgehead atoms. The maximum atomic E-state index is 11.7. The van der Waals surface area contributed by atoms with E-state index in [1.807, 2.05) is 47.4 Å². The van der Waals surface area contributed by atoms with Gasteiger partial charge in [-0.1, -0.05) is 30.0 Å². The molecule has 198 valence electrons. The van der Waals surface area contributed by atoms with Gasteiger partial charge in [0.25, 0.3) is 0 Å². The van der Waals surface area contributed by atoms with E-state index in [1.165, 1.54) is 30.2 Å². The van der Waals surface area contributed by atoms with E-state index >= 15 is 0 Å². The fourth-order valence-corrected chi connectivity index (χ4v) is 5.86. The molecule has 9 nitrogen and oxygen atoms in total. The number of hydrogen-bond donors (Lipinski definition) is 1. The monoisotopic (exact) mass is 558 g/mol. The molecule has 0 atom stereocenters. The van der Waals surface area contributed by atoms with Crippen LogP contribution in [0.5, 0.6) is 17.2 Å². The molecule has 1 aliphatic rings. The van der Waals surface area contributed by atoms with Crippen molar-refractivity contribution in [3.05, 3.63) is 71.6 Å². The fourth-order valence-electron chi connectivity index (χ4n) is 4.25. The van der Waals surface area contributed by atoms with Crippen LogP contribution in [0.1, 0.15) is 37.1 Å². The molecular formula is C28H26N6O3S2. The molecular weight excluding hydrogens is 532 g/mol. The number of rotatable bonds is 8. The van der Waals surface area contributed by atoms with Crippen molar-refractivity contribution in [1.82, 2.24) is 19.9 Å². The zero-order valence-corrected chi connectivity index (χ0v) is 23.1. The van der Waals surface area contributed by atoms with Crippen LogP contribution in [0.4, 0.5) is 10.9 Å². The summed E-state index contributed by atoms with van der Waals surface area (Å²) in [6.07, 6.45) is 5.20. The number of nitriles is 1. The maximum Gasteiger partial charge on any atom is 0.219 e. The van der Waals surface area contributed by atoms with Gasteiger partial charge in [0.2, 0.25) is 5.91 Å². The SMILES string of the molecule is COc1cc(Sc2cnc(Nc3nc(C4CCN(C(C)=O)CC4)cs3)c(Oc3ccccc3)c2)cnc1C#N. The summed E-state index contributed by atoms with van der Waals surface area (Å²) in [7, 11) is 1.51. The molecule has 1 N–H and O–H groups in total. The molecule has 0 radical (unpaired) electrons. The predicted molar refractivity (Wildman–Crippen MR) is 150 cm³/mol. The molecule has 3 aromatic heterocycles. The first-order valence-corrected chi connectivity index (χ1v) is 14.0. The lowest BCUT2D eigenvalue weighted by Crippen LogP contribution is -2.36. The fraction of sp³-hybridized carbons (Fsp3) is 0.250. The van der Waals surface area contributed by atoms with Gasteiger partial charge in [0.15, 0.2) is 28.1 Å². The highest BCUT2D eigenvalue weighted by atomic mass is 32.2. The van der Waals surface area contributed by atoms with Crippen molar-refractivity contribution in [2.75, 3.05) is 25.5 Å². The number of likely N-dealkylation sites (tertiary alicyclic amines) is 1. The largest absolute Gasteiger partial charge is 0.494 e. The molecule has 5 rings (SSSR count). The van der Waals surface area contributed by atoms with Crippen LogP contribution < -0.4 is 14.8 Å². The van der Waals surface area contributed by atoms with E-state index in [2.05, 4.69) is 20.7 Å². The van der Waals surface area contributed by atoms with Gasteiger partial charge in [-0.15, -0.1) is 11.3 Å². The van der Waals surface area contributed by atoms with Crippen molar-refractivity contribution in [3.8, 4) is 23.3 Å². The van der Waals surface area contributed by atoms with Crippen LogP contribution in [0.3, 0.4) is 0 Å². The Labute approximate surface area is 234 Å². The highest BCUT2D eigenvalue weighted by molar-refractivity contribution is 7.99. The average molecular weight is 559 g/mol. The van der Waals surface area contributed by atoms with Gasteiger partial charge in [-0.2, -0.15) is 5.26 Å². The number of ether oxygens (including phenoxy) is 2. The molecule has 39 heavy (non-hydrogen) atoms. The Bertz CT molecular complexity index is 1500. The Morgan fingerprint density at radius 1 is 1.13 bits per heavy atom. The van der Waals surface area contributed by atoms with Gasteiger partial charge >= 0.3 is 0 Å². The molecule has 11 heteroatoms. The van der Waals surface area contributed by atoms with Gasteiger partial charge < -0.3 is 19.7 Å². The average Bonchev–Trinajstić information content (AvgIpc) is 3.43. The number of piperidine rings is 1. The van der Waals surface area contributed by atoms with Gasteiger partial charge in [0.05, 0.1) is 12.8 Å². The van der Waals surface area contributed by atoms with Crippen LogP contribution in [0, 0.1) is 11.3 Å². The minimum absolute atomic E-state index is 0.127. The molecule has 0 saturated carbocycles. The Morgan fingerprint density at radius 3 is 2.54 bits per heavy atom. The summed E-state index contributed by atoms with van der Waals surface area (Å²) in [6, 6.07) is 15.2. The Kier molecular flexibility index (Phi) is 8.24. The number of methoxy groups -OCH3 is 1. The van der Waals surface area contributed by atoms with Crippen molar-refractivity contribution in [3.63, 3.8) is 0 Å². The number of hydrogen-bond acceptors (Lipinski definition) is 10. The number of carbonyl (C=O) groups is 1. The quantitative estimate of drug-likeness (QED) is 0.269. The van der Waals surface area contributed by atoms with Crippen molar-refractivity contribution in [2.24, 2.45) is 0 Å². The minimum Gasteiger partial charge on any atom is -0.494 e. The van der Waals surface area contributed by atoms with Gasteiger partial charge in [-0.25, -0.2) is 15.0 Å². The van der Waals surface area contributed by atoms with Crippen LogP contribution in [0.15, 0.2) is 70.0 Å². The third kappa shape index (κ3) is 6.47. The topological polar surface area (TPSA) is 113 Å². The highest BCUT2D eigenvalue weighted by Gasteiger charge is 2.24. The number of amides is 1. The first kappa shape index (κ1) is 26.5. The van der Waals surface area contributed by atoms with Gasteiger partial charge in [-0.3, -0.25) is 4.79 Å². The van der Waals surface area contributed by atoms with E-state index in [1.54, 1.807) is 25.4 Å². The molecule has 4 aromatic rings. The maximum absolute atomic E-state index is 11.7. The molecule has 0 aliphatic carbocycles. The molecule has 1 amide bonds. The lowest BCUT2D eigenvalue weighted by Gasteiger charge is -2.30. The van der Waals surface area contributed by atoms with E-state index in [0.29, 0.717) is 29.0 Å². The standard InChI is InChI=1S/C28H26N6O3S2/c1-18(35)34-10-8-19(9-11-34)24-17-38-28(32-24)33-27-26(37-20-6-4-3-5-7-20)13-22(16-31-27)39-21-12-25(36-2)23(14-29)30-15-21/h3-7,12-13,15-17,19H,8-11H2,1-2H3,(H,31,32,33). The van der Waals surface area contributed by atoms with E-state index in [0.717, 1.165) is 46.5 Å². The number of nitrogens with zero attached hydrogens (tertiary/aromatic N) is 5. The second-order valence-electron chi connectivity index (χ2n) is 8.85. The highest BCUT2D eigenvalue weighted by Crippen LogP contribution is 2.38. The van der Waals surface area contributed by atoms with E-state index in [9.17, 15) is 10.1 Å². The third-order valence-electron chi connectivity index (χ3n) is 6.29. The molecule has 0 unspecified atom stereocenters. The summed E-state index contributed by atoms with van der Waals surface area (Å²) < 4.78 is 11.5. The van der Waals surface area contributed by atoms with Gasteiger partial charge in [0.1, 0.15) is 11.8 Å². The molecule has 4 heterocycles. The van der Waals surface area contributed by atoms with Gasteiger partial charge in [-0.05, 0) is 31.0 Å². The number of carbonyl (C=O) groups excluding carboxylic acids is 1. The summed E-state index contributed by atoms with van der Waals surface area (Å²) >= 11 is 2.96. The summed E-state index contributed by atoms with van der Waals surface area (Å²) in [5.74, 6) is 2.65. The number of thiazole rings is 1. The van der Waals surface area contributed by atoms with Crippen molar-refractivity contribution >= 4 is 40.0 Å². The summed E-state index contributed by atoms with van der Waals surface area (Å²) in [6.45, 7) is 3.14. The zero-order valence-electron chi connectivity index (χ0n) is 21.5. The lowest BCUT2D eigenvalue weighted by atomic mass is 9.94. The van der Waals surface area contributed by atoms with E-state index in [4.69, 9.17) is 14.5 Å². The number of anilines is 2. The number of pyridine rings is 2. The first-order valence-electron chi connectivity index (χ1n) is 12.3. The second kappa shape index (κ2) is 12.1. The summed E-state index contributed by atoms with van der Waals surface area (Å²) in [4.78, 5) is 28.8. The van der Waals surface area contributed by atoms with Crippen molar-refractivity contribution < 1.29 is 14.3 Å². The molecule has 1 aliphatic heterocycles. The number of para-hydroxylation sites is 1. The summed E-state index contributed by atoms with van der Waals surface area (Å²) in [5.41, 5.74) is 1.27. The van der Waals surface area contributed by atoms with Crippen molar-refractivity contribution in [1.29, 1.82) is 5.26 Å². The lowest BCUT2D eigenvalue weighted by molar-refractivity contribution is -0.129. The molecule has 1 aromatic carbocycles. The van der Waals surface area contributed by atoms with Crippen LogP contribution >= 0.6 is 23.1 Å². The number of aromatic nitrogens is 3. The van der Waals surface area contributed by atoms with Crippen LogP contribution in [-0.2, 0) is 4.79 Å². The predicted octanol–water partition coefficient (Wildman–Crippen LogP) is 6.23. The number of nitrogens with one attached hydrogen (secondary N) is 1. The Hall–Kier alpha value is -4.14. The number of benzene rings is 1. The van der Waals surface area contributed by atoms with Crippen molar-refractivity contribution in [2.45, 2.75) is 35.5 Å². The zero-order chi connectivity index (χ0) is 27.2. The smallest absolute Gasteiger partial charge is 0.219 e. The van der Waals surface area contributed by atoms with E-state index in [-0.39, 0.29) is 11.6 Å². The van der Waals surface area contributed by atoms with Gasteiger partial charge in [0, 0.05) is 59.6 Å². The second-order valence-corrected chi connectivity index (χ2v) is 10.9. The first-order chi connectivity index (χ1) is 19.0. The molecule has 1 saturated heterocycles. The van der Waals surface area contributed by atoms with Crippen LogP contribution in [0.25, 0.3) is 0 Å². The minimum atomic E-state index is 0.127. The summed E-state index contributed by atoms with van der Waals surface area (Å²) in [5, 5.41) is 15.3. The normalized spacial score (nSPS) is 13.5. The van der Waals surface area contributed by atoms with E-state index < -0.39 is 0 Å². The Balaban J connectivity index is 1.36. The Morgan fingerprint density at radius 2 is 1.85 bits per heavy atom.